The van der Waals surface area contributed by atoms with Crippen molar-refractivity contribution < 1.29 is 19.1 Å². The maximum absolute atomic E-state index is 12.7. The highest BCUT2D eigenvalue weighted by Gasteiger charge is 2.32. The molecular weight excluding hydrogens is 368 g/mol. The molecule has 2 N–H and O–H groups in total. The Kier molecular flexibility index (Phi) is 5.66. The van der Waals surface area contributed by atoms with Gasteiger partial charge in [-0.2, -0.15) is 0 Å². The van der Waals surface area contributed by atoms with Gasteiger partial charge >= 0.3 is 12.0 Å². The first-order chi connectivity index (χ1) is 13.0. The molecular formula is C20H19ClN2O4. The molecule has 140 valence electrons. The number of hydrogen-bond donors (Lipinski definition) is 2. The summed E-state index contributed by atoms with van der Waals surface area (Å²) in [5.41, 5.74) is 2.38. The van der Waals surface area contributed by atoms with Crippen LogP contribution < -0.4 is 15.4 Å². The third-order valence-corrected chi connectivity index (χ3v) is 4.47. The van der Waals surface area contributed by atoms with Gasteiger partial charge in [0, 0.05) is 10.7 Å². The molecule has 1 heterocycles. The van der Waals surface area contributed by atoms with Crippen LogP contribution in [0.15, 0.2) is 59.8 Å². The Balaban J connectivity index is 1.79. The third kappa shape index (κ3) is 4.41. The fraction of sp³-hybridized carbons (Fsp3) is 0.200. The first-order valence-corrected chi connectivity index (χ1v) is 8.69. The second-order valence-electron chi connectivity index (χ2n) is 6.05. The predicted octanol–water partition coefficient (Wildman–Crippen LogP) is 3.72. The Labute approximate surface area is 162 Å². The highest BCUT2D eigenvalue weighted by Crippen LogP contribution is 2.28. The molecule has 2 aromatic carbocycles. The van der Waals surface area contributed by atoms with E-state index in [4.69, 9.17) is 21.1 Å². The monoisotopic (exact) mass is 386 g/mol. The van der Waals surface area contributed by atoms with Crippen molar-refractivity contribution in [2.24, 2.45) is 0 Å². The number of amides is 2. The number of carbonyl (C=O) groups excluding carboxylic acids is 2. The van der Waals surface area contributed by atoms with Crippen molar-refractivity contribution in [3.05, 3.63) is 76.0 Å². The zero-order chi connectivity index (χ0) is 19.4. The van der Waals surface area contributed by atoms with Crippen LogP contribution in [-0.2, 0) is 16.1 Å². The van der Waals surface area contributed by atoms with Gasteiger partial charge in [0.25, 0.3) is 0 Å². The molecule has 0 spiro atoms. The molecule has 3 rings (SSSR count). The van der Waals surface area contributed by atoms with E-state index in [1.165, 1.54) is 0 Å². The zero-order valence-electron chi connectivity index (χ0n) is 14.9. The van der Waals surface area contributed by atoms with Gasteiger partial charge in [-0.3, -0.25) is 0 Å². The van der Waals surface area contributed by atoms with Crippen molar-refractivity contribution in [2.75, 3.05) is 7.11 Å². The maximum Gasteiger partial charge on any atom is 0.338 e. The van der Waals surface area contributed by atoms with Gasteiger partial charge in [-0.15, -0.1) is 0 Å². The van der Waals surface area contributed by atoms with E-state index in [0.717, 1.165) is 16.9 Å². The van der Waals surface area contributed by atoms with E-state index in [-0.39, 0.29) is 12.6 Å². The highest BCUT2D eigenvalue weighted by molar-refractivity contribution is 6.30. The lowest BCUT2D eigenvalue weighted by atomic mass is 9.95. The van der Waals surface area contributed by atoms with Gasteiger partial charge in [-0.25, -0.2) is 9.59 Å². The molecule has 0 bridgehead atoms. The summed E-state index contributed by atoms with van der Waals surface area (Å²) < 4.78 is 10.6. The van der Waals surface area contributed by atoms with E-state index in [9.17, 15) is 9.59 Å². The second kappa shape index (κ2) is 8.14. The largest absolute Gasteiger partial charge is 0.497 e. The SMILES string of the molecule is COc1ccc(COC(=O)C2=C(C)NC(=O)NC2c2ccc(Cl)cc2)cc1. The molecule has 0 saturated heterocycles. The first-order valence-electron chi connectivity index (χ1n) is 8.31. The molecule has 1 atom stereocenters. The van der Waals surface area contributed by atoms with E-state index in [1.807, 2.05) is 12.1 Å². The summed E-state index contributed by atoms with van der Waals surface area (Å²) in [7, 11) is 1.59. The molecule has 27 heavy (non-hydrogen) atoms. The van der Waals surface area contributed by atoms with E-state index in [0.29, 0.717) is 16.3 Å². The summed E-state index contributed by atoms with van der Waals surface area (Å²) in [6, 6.07) is 13.2. The van der Waals surface area contributed by atoms with Crippen molar-refractivity contribution in [2.45, 2.75) is 19.6 Å². The predicted molar refractivity (Wildman–Crippen MR) is 101 cm³/mol. The number of hydrogen-bond acceptors (Lipinski definition) is 4. The van der Waals surface area contributed by atoms with Crippen LogP contribution in [-0.4, -0.2) is 19.1 Å². The van der Waals surface area contributed by atoms with Gasteiger partial charge in [0.1, 0.15) is 12.4 Å². The van der Waals surface area contributed by atoms with E-state index in [1.54, 1.807) is 50.4 Å². The number of urea groups is 1. The third-order valence-electron chi connectivity index (χ3n) is 4.22. The lowest BCUT2D eigenvalue weighted by Gasteiger charge is -2.28. The molecule has 0 saturated carbocycles. The Morgan fingerprint density at radius 3 is 2.41 bits per heavy atom. The van der Waals surface area contributed by atoms with Gasteiger partial charge in [0.15, 0.2) is 0 Å². The van der Waals surface area contributed by atoms with Crippen LogP contribution in [0.4, 0.5) is 4.79 Å². The van der Waals surface area contributed by atoms with Crippen molar-refractivity contribution >= 4 is 23.6 Å². The summed E-state index contributed by atoms with van der Waals surface area (Å²) in [4.78, 5) is 24.6. The number of esters is 1. The van der Waals surface area contributed by atoms with Crippen molar-refractivity contribution in [3.63, 3.8) is 0 Å². The van der Waals surface area contributed by atoms with E-state index < -0.39 is 12.0 Å². The molecule has 6 nitrogen and oxygen atoms in total. The van der Waals surface area contributed by atoms with Gasteiger partial charge in [0.05, 0.1) is 18.7 Å². The Morgan fingerprint density at radius 1 is 1.11 bits per heavy atom. The average Bonchev–Trinajstić information content (AvgIpc) is 2.66. The van der Waals surface area contributed by atoms with Crippen LogP contribution >= 0.6 is 11.6 Å². The normalized spacial score (nSPS) is 16.4. The lowest BCUT2D eigenvalue weighted by Crippen LogP contribution is -2.45. The topological polar surface area (TPSA) is 76.7 Å². The summed E-state index contributed by atoms with van der Waals surface area (Å²) in [5, 5.41) is 5.95. The molecule has 0 aromatic heterocycles. The summed E-state index contributed by atoms with van der Waals surface area (Å²) in [6.45, 7) is 1.78. The van der Waals surface area contributed by atoms with Gasteiger partial charge in [-0.1, -0.05) is 35.9 Å². The second-order valence-corrected chi connectivity index (χ2v) is 6.48. The highest BCUT2D eigenvalue weighted by atomic mass is 35.5. The summed E-state index contributed by atoms with van der Waals surface area (Å²) in [5.74, 6) is 0.224. The molecule has 0 radical (unpaired) electrons. The van der Waals surface area contributed by atoms with Crippen molar-refractivity contribution in [1.29, 1.82) is 0 Å². The number of halogens is 1. The van der Waals surface area contributed by atoms with E-state index in [2.05, 4.69) is 10.6 Å². The fourth-order valence-corrected chi connectivity index (χ4v) is 2.94. The Morgan fingerprint density at radius 2 is 1.78 bits per heavy atom. The molecule has 0 aliphatic carbocycles. The number of benzene rings is 2. The number of methoxy groups -OCH3 is 1. The van der Waals surface area contributed by atoms with Crippen LogP contribution in [0.5, 0.6) is 5.75 Å². The summed E-state index contributed by atoms with van der Waals surface area (Å²) >= 11 is 5.93. The van der Waals surface area contributed by atoms with Gasteiger partial charge < -0.3 is 20.1 Å². The standard InChI is InChI=1S/C20H19ClN2O4/c1-12-17(19(24)27-11-13-3-9-16(26-2)10-4-13)18(23-20(25)22-12)14-5-7-15(21)8-6-14/h3-10,18H,11H2,1-2H3,(H2,22,23,25). The minimum Gasteiger partial charge on any atom is -0.497 e. The molecule has 2 aromatic rings. The van der Waals surface area contributed by atoms with E-state index >= 15 is 0 Å². The smallest absolute Gasteiger partial charge is 0.338 e. The zero-order valence-corrected chi connectivity index (χ0v) is 15.7. The molecule has 0 fully saturated rings. The molecule has 7 heteroatoms. The van der Waals surface area contributed by atoms with Crippen LogP contribution in [0, 0.1) is 0 Å². The number of ether oxygens (including phenoxy) is 2. The summed E-state index contributed by atoms with van der Waals surface area (Å²) in [6.07, 6.45) is 0. The minimum atomic E-state index is -0.612. The van der Waals surface area contributed by atoms with Crippen LogP contribution in [0.3, 0.4) is 0 Å². The van der Waals surface area contributed by atoms with Crippen LogP contribution in [0.1, 0.15) is 24.1 Å². The Bertz CT molecular complexity index is 876. The van der Waals surface area contributed by atoms with Crippen molar-refractivity contribution in [3.8, 4) is 5.75 Å². The molecule has 1 unspecified atom stereocenters. The maximum atomic E-state index is 12.7. The number of nitrogens with one attached hydrogen (secondary N) is 2. The molecule has 1 aliphatic rings. The number of carbonyl (C=O) groups is 2. The number of allylic oxidation sites excluding steroid dienone is 1. The molecule has 2 amide bonds. The Hall–Kier alpha value is -2.99. The van der Waals surface area contributed by atoms with Crippen LogP contribution in [0.25, 0.3) is 0 Å². The minimum absolute atomic E-state index is 0.112. The number of rotatable bonds is 5. The van der Waals surface area contributed by atoms with Crippen LogP contribution in [0.2, 0.25) is 5.02 Å². The van der Waals surface area contributed by atoms with Crippen molar-refractivity contribution in [1.82, 2.24) is 10.6 Å². The molecule has 1 aliphatic heterocycles. The lowest BCUT2D eigenvalue weighted by molar-refractivity contribution is -0.140. The van der Waals surface area contributed by atoms with Gasteiger partial charge in [0.2, 0.25) is 0 Å². The van der Waals surface area contributed by atoms with Gasteiger partial charge in [-0.05, 0) is 42.3 Å². The average molecular weight is 387 g/mol. The first kappa shape index (κ1) is 18.8. The quantitative estimate of drug-likeness (QED) is 0.768. The fourth-order valence-electron chi connectivity index (χ4n) is 2.82.